The zero-order chi connectivity index (χ0) is 26.1. The number of carbonyl (C=O) groups is 2. The molecular weight excluding hydrogens is 557 g/mol. The largest absolute Gasteiger partial charge is 0.470 e. The standard InChI is InChI=1S/C24H28BrClFN5O4/c1-24(2,3)36-23(34)30-6-7-31-15(11-30)22(33)32-10-12(9-29(4)5)35-21-20(32)19(31)13-8-14(26)16(25)17(27)18(13)28-21/h8,12,15H,6-7,9-11H2,1-5H3. The van der Waals surface area contributed by atoms with E-state index in [1.165, 1.54) is 0 Å². The molecule has 0 saturated carbocycles. The first-order valence-electron chi connectivity index (χ1n) is 11.7. The third-order valence-electron chi connectivity index (χ3n) is 6.41. The molecule has 0 aliphatic carbocycles. The Labute approximate surface area is 222 Å². The molecule has 1 fully saturated rings. The van der Waals surface area contributed by atoms with Crippen LogP contribution in [0.1, 0.15) is 20.8 Å². The molecule has 0 N–H and O–H groups in total. The number of ether oxygens (including phenoxy) is 2. The Morgan fingerprint density at radius 1 is 1.31 bits per heavy atom. The Kier molecular flexibility index (Phi) is 6.24. The van der Waals surface area contributed by atoms with Crippen molar-refractivity contribution in [2.45, 2.75) is 38.5 Å². The van der Waals surface area contributed by atoms with Gasteiger partial charge in [0.05, 0.1) is 28.3 Å². The van der Waals surface area contributed by atoms with E-state index >= 15 is 4.39 Å². The van der Waals surface area contributed by atoms with Gasteiger partial charge in [0, 0.05) is 25.0 Å². The summed E-state index contributed by atoms with van der Waals surface area (Å²) >= 11 is 9.56. The Hall–Kier alpha value is -2.37. The van der Waals surface area contributed by atoms with Gasteiger partial charge in [0.15, 0.2) is 5.82 Å². The first kappa shape index (κ1) is 25.3. The second kappa shape index (κ2) is 8.88. The SMILES string of the molecule is CN(C)CC1CN2C(=O)C3CN(C(=O)OC(C)(C)C)CCN3c3c2c(nc2c(F)c(Br)c(Cl)cc32)O1. The predicted octanol–water partition coefficient (Wildman–Crippen LogP) is 3.88. The molecule has 2 atom stereocenters. The van der Waals surface area contributed by atoms with Gasteiger partial charge >= 0.3 is 6.09 Å². The number of likely N-dealkylation sites (N-methyl/N-ethyl adjacent to an activating group) is 1. The minimum atomic E-state index is -0.666. The van der Waals surface area contributed by atoms with E-state index in [4.69, 9.17) is 21.1 Å². The van der Waals surface area contributed by atoms with E-state index in [1.54, 1.807) is 36.6 Å². The second-order valence-corrected chi connectivity index (χ2v) is 11.8. The molecule has 5 rings (SSSR count). The molecule has 0 spiro atoms. The lowest BCUT2D eigenvalue weighted by molar-refractivity contribution is -0.121. The van der Waals surface area contributed by atoms with Crippen LogP contribution in [0.2, 0.25) is 5.02 Å². The monoisotopic (exact) mass is 583 g/mol. The molecule has 36 heavy (non-hydrogen) atoms. The van der Waals surface area contributed by atoms with Crippen LogP contribution >= 0.6 is 27.5 Å². The van der Waals surface area contributed by atoms with E-state index in [0.717, 1.165) is 0 Å². The molecule has 1 aromatic heterocycles. The molecule has 2 aromatic rings. The van der Waals surface area contributed by atoms with Gasteiger partial charge in [-0.25, -0.2) is 14.2 Å². The molecule has 0 bridgehead atoms. The number of piperazine rings is 1. The van der Waals surface area contributed by atoms with E-state index in [0.29, 0.717) is 42.9 Å². The van der Waals surface area contributed by atoms with Gasteiger partial charge in [-0.15, -0.1) is 0 Å². The molecule has 2 amide bonds. The van der Waals surface area contributed by atoms with E-state index in [9.17, 15) is 9.59 Å². The number of benzene rings is 1. The van der Waals surface area contributed by atoms with Crippen LogP contribution in [-0.4, -0.2) is 91.4 Å². The summed E-state index contributed by atoms with van der Waals surface area (Å²) in [5.74, 6) is -0.540. The predicted molar refractivity (Wildman–Crippen MR) is 139 cm³/mol. The molecular formula is C24H28BrClFN5O4. The topological polar surface area (TPSA) is 78.5 Å². The average molecular weight is 585 g/mol. The molecule has 12 heteroatoms. The van der Waals surface area contributed by atoms with Gasteiger partial charge in [0.25, 0.3) is 5.91 Å². The van der Waals surface area contributed by atoms with Crippen molar-refractivity contribution in [1.29, 1.82) is 0 Å². The fourth-order valence-electron chi connectivity index (χ4n) is 5.00. The molecule has 4 heterocycles. The Balaban J connectivity index is 1.64. The number of nitrogens with zero attached hydrogens (tertiary/aromatic N) is 5. The minimum Gasteiger partial charge on any atom is -0.470 e. The van der Waals surface area contributed by atoms with Gasteiger partial charge in [0.1, 0.15) is 29.0 Å². The van der Waals surface area contributed by atoms with Crippen LogP contribution in [0.5, 0.6) is 5.88 Å². The van der Waals surface area contributed by atoms with Crippen LogP contribution in [0.25, 0.3) is 10.9 Å². The number of fused-ring (bicyclic) bond motifs is 4. The lowest BCUT2D eigenvalue weighted by Crippen LogP contribution is -2.65. The Morgan fingerprint density at radius 2 is 2.03 bits per heavy atom. The summed E-state index contributed by atoms with van der Waals surface area (Å²) in [6, 6.07) is 0.991. The number of hydrogen-bond acceptors (Lipinski definition) is 7. The molecule has 0 radical (unpaired) electrons. The summed E-state index contributed by atoms with van der Waals surface area (Å²) in [6.07, 6.45) is -0.823. The third kappa shape index (κ3) is 4.24. The highest BCUT2D eigenvalue weighted by atomic mass is 79.9. The minimum absolute atomic E-state index is 0.105. The normalized spacial score (nSPS) is 21.5. The second-order valence-electron chi connectivity index (χ2n) is 10.6. The van der Waals surface area contributed by atoms with E-state index in [2.05, 4.69) is 20.9 Å². The van der Waals surface area contributed by atoms with Crippen LogP contribution in [0.4, 0.5) is 20.6 Å². The van der Waals surface area contributed by atoms with E-state index in [1.807, 2.05) is 23.9 Å². The van der Waals surface area contributed by atoms with Crippen molar-refractivity contribution in [2.75, 3.05) is 56.6 Å². The molecule has 9 nitrogen and oxygen atoms in total. The Morgan fingerprint density at radius 3 is 2.69 bits per heavy atom. The molecule has 1 saturated heterocycles. The first-order chi connectivity index (χ1) is 16.9. The zero-order valence-electron chi connectivity index (χ0n) is 20.8. The number of halogens is 3. The van der Waals surface area contributed by atoms with Crippen molar-refractivity contribution < 1.29 is 23.5 Å². The average Bonchev–Trinajstić information content (AvgIpc) is 2.78. The van der Waals surface area contributed by atoms with Crippen LogP contribution in [0.15, 0.2) is 10.5 Å². The lowest BCUT2D eigenvalue weighted by atomic mass is 9.99. The van der Waals surface area contributed by atoms with Crippen LogP contribution in [-0.2, 0) is 9.53 Å². The highest BCUT2D eigenvalue weighted by molar-refractivity contribution is 9.10. The number of carbonyl (C=O) groups excluding carboxylic acids is 2. The maximum absolute atomic E-state index is 15.4. The van der Waals surface area contributed by atoms with Gasteiger partial charge < -0.3 is 29.1 Å². The van der Waals surface area contributed by atoms with Crippen molar-refractivity contribution in [3.63, 3.8) is 0 Å². The molecule has 1 aromatic carbocycles. The molecule has 3 aliphatic rings. The van der Waals surface area contributed by atoms with Crippen molar-refractivity contribution in [2.24, 2.45) is 0 Å². The van der Waals surface area contributed by atoms with Gasteiger partial charge in [0.2, 0.25) is 5.88 Å². The highest BCUT2D eigenvalue weighted by Gasteiger charge is 2.48. The summed E-state index contributed by atoms with van der Waals surface area (Å²) in [5, 5.41) is 0.690. The quantitative estimate of drug-likeness (QED) is 0.496. The van der Waals surface area contributed by atoms with E-state index in [-0.39, 0.29) is 39.4 Å². The summed E-state index contributed by atoms with van der Waals surface area (Å²) < 4.78 is 27.2. The van der Waals surface area contributed by atoms with Gasteiger partial charge in [-0.2, -0.15) is 0 Å². The smallest absolute Gasteiger partial charge is 0.410 e. The van der Waals surface area contributed by atoms with Crippen LogP contribution in [0, 0.1) is 5.82 Å². The lowest BCUT2D eigenvalue weighted by Gasteiger charge is -2.50. The summed E-state index contributed by atoms with van der Waals surface area (Å²) in [5.41, 5.74) is 0.606. The maximum Gasteiger partial charge on any atom is 0.410 e. The fourth-order valence-corrected chi connectivity index (χ4v) is 5.50. The van der Waals surface area contributed by atoms with E-state index < -0.39 is 23.6 Å². The summed E-state index contributed by atoms with van der Waals surface area (Å²) in [7, 11) is 3.83. The van der Waals surface area contributed by atoms with Gasteiger partial charge in [-0.3, -0.25) is 4.79 Å². The summed E-state index contributed by atoms with van der Waals surface area (Å²) in [6.45, 7) is 7.11. The van der Waals surface area contributed by atoms with Crippen LogP contribution in [0.3, 0.4) is 0 Å². The number of pyridine rings is 1. The van der Waals surface area contributed by atoms with Gasteiger partial charge in [-0.05, 0) is 56.9 Å². The molecule has 3 aliphatic heterocycles. The number of rotatable bonds is 2. The molecule has 194 valence electrons. The van der Waals surface area contributed by atoms with Crippen molar-refractivity contribution >= 4 is 61.8 Å². The van der Waals surface area contributed by atoms with Crippen LogP contribution < -0.4 is 14.5 Å². The van der Waals surface area contributed by atoms with Crippen molar-refractivity contribution in [1.82, 2.24) is 14.8 Å². The van der Waals surface area contributed by atoms with Gasteiger partial charge in [-0.1, -0.05) is 11.6 Å². The summed E-state index contributed by atoms with van der Waals surface area (Å²) in [4.78, 5) is 38.3. The number of hydrogen-bond donors (Lipinski definition) is 0. The zero-order valence-corrected chi connectivity index (χ0v) is 23.1. The third-order valence-corrected chi connectivity index (χ3v) is 7.71. The number of anilines is 2. The first-order valence-corrected chi connectivity index (χ1v) is 12.9. The van der Waals surface area contributed by atoms with Crippen molar-refractivity contribution in [3.05, 3.63) is 21.4 Å². The van der Waals surface area contributed by atoms with Crippen molar-refractivity contribution in [3.8, 4) is 5.88 Å². The Bertz CT molecular complexity index is 1270. The maximum atomic E-state index is 15.4. The highest BCUT2D eigenvalue weighted by Crippen LogP contribution is 2.50. The number of aromatic nitrogens is 1. The fraction of sp³-hybridized carbons (Fsp3) is 0.542. The number of amides is 2. The molecule has 2 unspecified atom stereocenters.